The molecule has 7 heterocycles. The Labute approximate surface area is 313 Å². The molecule has 0 unspecified atom stereocenters. The normalized spacial score (nSPS) is 23.4. The lowest BCUT2D eigenvalue weighted by Crippen LogP contribution is -2.51. The average Bonchev–Trinajstić information content (AvgIpc) is 3.73. The van der Waals surface area contributed by atoms with Crippen molar-refractivity contribution in [2.45, 2.75) is 81.4 Å². The van der Waals surface area contributed by atoms with Crippen molar-refractivity contribution in [3.63, 3.8) is 0 Å². The zero-order chi connectivity index (χ0) is 42.4. The molecule has 5 N–H and O–H groups in total. The van der Waals surface area contributed by atoms with Crippen LogP contribution in [0.1, 0.15) is 43.2 Å². The minimum atomic E-state index is -5.08. The molecule has 0 aliphatic carbocycles. The number of nitrogens with one attached hydrogen (secondary N) is 1. The second kappa shape index (κ2) is 15.8. The molecule has 3 aromatic heterocycles. The molecular weight excluding hydrogens is 804 g/mol. The third-order valence-corrected chi connectivity index (χ3v) is 9.68. The van der Waals surface area contributed by atoms with Gasteiger partial charge in [0.2, 0.25) is 5.95 Å². The summed E-state index contributed by atoms with van der Waals surface area (Å²) in [5, 5.41) is 17.3. The van der Waals surface area contributed by atoms with E-state index in [1.54, 1.807) is 4.90 Å². The van der Waals surface area contributed by atoms with Gasteiger partial charge in [-0.3, -0.25) is 4.90 Å². The number of aryl methyl sites for hydroxylation is 1. The number of piperazine rings is 1. The molecule has 57 heavy (non-hydrogen) atoms. The molecule has 4 saturated heterocycles. The third-order valence-electron chi connectivity index (χ3n) is 9.68. The van der Waals surface area contributed by atoms with Gasteiger partial charge in [0.05, 0.1) is 11.1 Å². The highest BCUT2D eigenvalue weighted by molar-refractivity contribution is 5.92. The van der Waals surface area contributed by atoms with Crippen molar-refractivity contribution in [2.24, 2.45) is 0 Å². The predicted molar refractivity (Wildman–Crippen MR) is 173 cm³/mol. The van der Waals surface area contributed by atoms with Crippen LogP contribution >= 0.6 is 0 Å². The van der Waals surface area contributed by atoms with E-state index in [1.807, 2.05) is 4.90 Å². The van der Waals surface area contributed by atoms with E-state index >= 15 is 8.78 Å². The summed E-state index contributed by atoms with van der Waals surface area (Å²) in [7, 11) is 0. The molecular formula is C32H32F12N8O5. The maximum atomic E-state index is 16.4. The molecule has 4 fully saturated rings. The minimum Gasteiger partial charge on any atom is -0.475 e. The summed E-state index contributed by atoms with van der Waals surface area (Å²) < 4.78 is 158. The Morgan fingerprint density at radius 2 is 1.51 bits per heavy atom. The van der Waals surface area contributed by atoms with Gasteiger partial charge in [-0.05, 0) is 50.8 Å². The molecule has 4 atom stereocenters. The van der Waals surface area contributed by atoms with Crippen LogP contribution in [0, 0.1) is 18.7 Å². The molecule has 314 valence electrons. The Kier molecular flexibility index (Phi) is 12.0. The topological polar surface area (TPSA) is 180 Å². The summed E-state index contributed by atoms with van der Waals surface area (Å²) in [6.45, 7) is 3.09. The van der Waals surface area contributed by atoms with Crippen LogP contribution in [0.2, 0.25) is 0 Å². The Morgan fingerprint density at radius 3 is 2.05 bits per heavy atom. The van der Waals surface area contributed by atoms with E-state index < -0.39 is 76.4 Å². The number of anilines is 2. The summed E-state index contributed by atoms with van der Waals surface area (Å²) >= 11 is 0. The van der Waals surface area contributed by atoms with E-state index in [0.29, 0.717) is 26.1 Å². The first kappa shape index (κ1) is 43.2. The van der Waals surface area contributed by atoms with Gasteiger partial charge in [0, 0.05) is 38.1 Å². The lowest BCUT2D eigenvalue weighted by atomic mass is 9.95. The van der Waals surface area contributed by atoms with E-state index in [2.05, 4.69) is 25.3 Å². The average molecular weight is 837 g/mol. The third kappa shape index (κ3) is 9.45. The Bertz CT molecular complexity index is 1980. The summed E-state index contributed by atoms with van der Waals surface area (Å²) in [6.07, 6.45) is -12.5. The van der Waals surface area contributed by atoms with Gasteiger partial charge in [-0.1, -0.05) is 0 Å². The zero-order valence-electron chi connectivity index (χ0n) is 29.3. The number of fused-ring (bicyclic) bond motifs is 4. The number of aliphatic carboxylic acids is 2. The van der Waals surface area contributed by atoms with Gasteiger partial charge in [0.1, 0.15) is 46.7 Å². The van der Waals surface area contributed by atoms with Crippen molar-refractivity contribution in [3.05, 3.63) is 29.0 Å². The molecule has 4 aliphatic rings. The van der Waals surface area contributed by atoms with Gasteiger partial charge in [-0.2, -0.15) is 53.9 Å². The molecule has 0 aromatic carbocycles. The van der Waals surface area contributed by atoms with Crippen LogP contribution in [-0.4, -0.2) is 116 Å². The van der Waals surface area contributed by atoms with Crippen molar-refractivity contribution in [1.29, 1.82) is 0 Å². The number of carboxylic acid groups (broad SMARTS) is 2. The van der Waals surface area contributed by atoms with E-state index in [4.69, 9.17) is 30.3 Å². The Balaban J connectivity index is 0.000000380. The van der Waals surface area contributed by atoms with Gasteiger partial charge < -0.3 is 30.9 Å². The van der Waals surface area contributed by atoms with Crippen molar-refractivity contribution < 1.29 is 77.2 Å². The summed E-state index contributed by atoms with van der Waals surface area (Å²) in [4.78, 5) is 37.7. The first-order valence-electron chi connectivity index (χ1n) is 16.8. The smallest absolute Gasteiger partial charge is 0.475 e. The van der Waals surface area contributed by atoms with Crippen LogP contribution in [0.3, 0.4) is 0 Å². The number of carboxylic acids is 2. The second-order valence-electron chi connectivity index (χ2n) is 13.7. The van der Waals surface area contributed by atoms with Crippen molar-refractivity contribution in [1.82, 2.24) is 30.2 Å². The number of ether oxygens (including phenoxy) is 1. The number of halogens is 12. The molecule has 4 aliphatic heterocycles. The molecule has 0 radical (unpaired) electrons. The number of nitrogens with zero attached hydrogens (tertiary/aromatic N) is 6. The van der Waals surface area contributed by atoms with Gasteiger partial charge in [0.25, 0.3) is 0 Å². The van der Waals surface area contributed by atoms with Crippen molar-refractivity contribution in [3.8, 4) is 17.4 Å². The van der Waals surface area contributed by atoms with Crippen LogP contribution in [0.5, 0.6) is 6.01 Å². The molecule has 0 spiro atoms. The Morgan fingerprint density at radius 1 is 0.930 bits per heavy atom. The van der Waals surface area contributed by atoms with Crippen LogP contribution in [0.15, 0.2) is 6.07 Å². The predicted octanol–water partition coefficient (Wildman–Crippen LogP) is 5.44. The van der Waals surface area contributed by atoms with Crippen LogP contribution in [-0.2, 0) is 15.8 Å². The first-order valence-corrected chi connectivity index (χ1v) is 16.8. The quantitative estimate of drug-likeness (QED) is 0.189. The number of nitrogen functional groups attached to an aromatic ring is 1. The number of pyridine rings is 2. The molecule has 13 nitrogen and oxygen atoms in total. The van der Waals surface area contributed by atoms with Gasteiger partial charge in [-0.15, -0.1) is 0 Å². The number of aromatic nitrogens is 4. The Hall–Kier alpha value is -4.94. The van der Waals surface area contributed by atoms with E-state index in [0.717, 1.165) is 38.8 Å². The largest absolute Gasteiger partial charge is 0.490 e. The fraction of sp³-hybridized carbons (Fsp3) is 0.562. The minimum absolute atomic E-state index is 0.0292. The van der Waals surface area contributed by atoms with Crippen LogP contribution in [0.25, 0.3) is 22.3 Å². The second-order valence-corrected chi connectivity index (χ2v) is 13.7. The summed E-state index contributed by atoms with van der Waals surface area (Å²) in [5.41, 5.74) is 1.07. The first-order chi connectivity index (χ1) is 26.3. The summed E-state index contributed by atoms with van der Waals surface area (Å²) in [6, 6.07) is 0.935. The van der Waals surface area contributed by atoms with Crippen LogP contribution < -0.4 is 20.7 Å². The molecule has 3 aromatic rings. The standard InChI is InChI=1S/C28H30F6N8O.2C2HF3O2/c1-13-7-17(35)37-22(19(13)28(32,33)34)23-20(30)21-18(24(31)38-23)25(41-10-15-3-4-16(11-41)36-15)40-26(39-21)43-12-27-5-2-6-42(27)9-14(29)8-27;2*3-2(4,5)1(6)7/h7,14-16,36H,2-6,8-12H2,1H3,(H2,35,37);2*(H,6,7)/t14-,15-,16+,27+;;/m1../s1. The zero-order valence-corrected chi connectivity index (χ0v) is 29.3. The number of hydrogen-bond donors (Lipinski definition) is 4. The monoisotopic (exact) mass is 836 g/mol. The SMILES string of the molecule is Cc1cc(N)nc(-c2nc(F)c3c(N4C[C@H]5CC[C@@H](C4)N5)nc(OC[C@@]45CCCN4C[C@H](F)C5)nc3c2F)c1C(F)(F)F.O=C(O)C(F)(F)F.O=C(O)C(F)(F)F. The summed E-state index contributed by atoms with van der Waals surface area (Å²) in [5.74, 6) is -8.34. The van der Waals surface area contributed by atoms with Gasteiger partial charge in [-0.25, -0.2) is 28.3 Å². The number of alkyl halides is 10. The molecule has 0 saturated carbocycles. The molecule has 2 bridgehead atoms. The number of carbonyl (C=O) groups is 2. The maximum Gasteiger partial charge on any atom is 0.490 e. The number of nitrogens with two attached hydrogens (primary N) is 1. The van der Waals surface area contributed by atoms with E-state index in [9.17, 15) is 43.9 Å². The van der Waals surface area contributed by atoms with Gasteiger partial charge >= 0.3 is 36.5 Å². The highest BCUT2D eigenvalue weighted by Gasteiger charge is 2.50. The van der Waals surface area contributed by atoms with Crippen molar-refractivity contribution >= 4 is 34.5 Å². The number of rotatable bonds is 5. The highest BCUT2D eigenvalue weighted by Crippen LogP contribution is 2.43. The van der Waals surface area contributed by atoms with E-state index in [-0.39, 0.29) is 53.7 Å². The highest BCUT2D eigenvalue weighted by atomic mass is 19.4. The molecule has 0 amide bonds. The maximum absolute atomic E-state index is 16.4. The fourth-order valence-corrected chi connectivity index (χ4v) is 7.39. The molecule has 7 rings (SSSR count). The van der Waals surface area contributed by atoms with E-state index in [1.165, 1.54) is 0 Å². The number of hydrogen-bond acceptors (Lipinski definition) is 11. The lowest BCUT2D eigenvalue weighted by Gasteiger charge is -2.34. The van der Waals surface area contributed by atoms with Crippen LogP contribution in [0.4, 0.5) is 64.3 Å². The van der Waals surface area contributed by atoms with Gasteiger partial charge in [0.15, 0.2) is 5.82 Å². The van der Waals surface area contributed by atoms with Crippen molar-refractivity contribution in [2.75, 3.05) is 43.4 Å². The lowest BCUT2D eigenvalue weighted by molar-refractivity contribution is -0.193. The fourth-order valence-electron chi connectivity index (χ4n) is 7.39. The molecule has 25 heteroatoms.